The van der Waals surface area contributed by atoms with E-state index in [1.165, 1.54) is 0 Å². The first-order valence-electron chi connectivity index (χ1n) is 9.11. The highest BCUT2D eigenvalue weighted by Gasteiger charge is 2.13. The van der Waals surface area contributed by atoms with Gasteiger partial charge < -0.3 is 14.8 Å². The lowest BCUT2D eigenvalue weighted by Crippen LogP contribution is -2.22. The zero-order valence-corrected chi connectivity index (χ0v) is 16.1. The molecule has 0 bridgehead atoms. The van der Waals surface area contributed by atoms with Gasteiger partial charge >= 0.3 is 0 Å². The minimum absolute atomic E-state index is 0.174. The molecule has 0 radical (unpaired) electrons. The van der Waals surface area contributed by atoms with Gasteiger partial charge in [0.25, 0.3) is 5.91 Å². The lowest BCUT2D eigenvalue weighted by atomic mass is 10.1. The van der Waals surface area contributed by atoms with Crippen molar-refractivity contribution in [2.24, 2.45) is 7.05 Å². The number of pyridine rings is 1. The number of aryl methyl sites for hydroxylation is 1. The standard InChI is InChI=1S/C22H20N4O3/c1-26-22(28-2)18-10-9-16(13-19(18)25-26)21(27)24-14-15-6-5-7-17(12-15)29-20-8-3-4-11-23-20/h3-13H,14H2,1-2H3,(H,24,27). The average molecular weight is 388 g/mol. The largest absolute Gasteiger partial charge is 0.481 e. The van der Waals surface area contributed by atoms with E-state index < -0.39 is 0 Å². The molecule has 146 valence electrons. The number of methoxy groups -OCH3 is 1. The van der Waals surface area contributed by atoms with Crippen molar-refractivity contribution in [3.05, 3.63) is 78.0 Å². The molecule has 7 heteroatoms. The van der Waals surface area contributed by atoms with Crippen LogP contribution in [0.2, 0.25) is 0 Å². The maximum atomic E-state index is 12.6. The Morgan fingerprint density at radius 1 is 1.10 bits per heavy atom. The van der Waals surface area contributed by atoms with E-state index in [4.69, 9.17) is 9.47 Å². The van der Waals surface area contributed by atoms with Crippen LogP contribution in [0.15, 0.2) is 66.9 Å². The number of rotatable bonds is 6. The molecular weight excluding hydrogens is 368 g/mol. The first-order chi connectivity index (χ1) is 14.1. The number of aromatic nitrogens is 3. The van der Waals surface area contributed by atoms with Gasteiger partial charge in [0.15, 0.2) is 0 Å². The summed E-state index contributed by atoms with van der Waals surface area (Å²) in [4.78, 5) is 16.7. The number of nitrogens with zero attached hydrogens (tertiary/aromatic N) is 3. The SMILES string of the molecule is COc1c2ccc(C(=O)NCc3cccc(Oc4ccccn4)c3)cc2nn1C. The van der Waals surface area contributed by atoms with Gasteiger partial charge in [0.2, 0.25) is 11.8 Å². The van der Waals surface area contributed by atoms with Crippen LogP contribution >= 0.6 is 0 Å². The molecule has 4 aromatic rings. The van der Waals surface area contributed by atoms with Crippen LogP contribution in [-0.2, 0) is 13.6 Å². The van der Waals surface area contributed by atoms with E-state index in [1.807, 2.05) is 42.5 Å². The number of benzene rings is 2. The average Bonchev–Trinajstić information content (AvgIpc) is 3.07. The lowest BCUT2D eigenvalue weighted by molar-refractivity contribution is 0.0951. The van der Waals surface area contributed by atoms with Gasteiger partial charge in [-0.15, -0.1) is 0 Å². The van der Waals surface area contributed by atoms with Gasteiger partial charge in [0, 0.05) is 31.4 Å². The Morgan fingerprint density at radius 3 is 2.79 bits per heavy atom. The van der Waals surface area contributed by atoms with Gasteiger partial charge in [-0.05, 0) is 42.0 Å². The minimum atomic E-state index is -0.174. The van der Waals surface area contributed by atoms with E-state index in [-0.39, 0.29) is 5.91 Å². The first kappa shape index (κ1) is 18.5. The number of carbonyl (C=O) groups excluding carboxylic acids is 1. The fourth-order valence-corrected chi connectivity index (χ4v) is 3.09. The molecule has 2 heterocycles. The molecule has 0 aliphatic carbocycles. The summed E-state index contributed by atoms with van der Waals surface area (Å²) in [6.07, 6.45) is 1.67. The van der Waals surface area contributed by atoms with Gasteiger partial charge in [0.1, 0.15) is 5.75 Å². The van der Waals surface area contributed by atoms with E-state index in [2.05, 4.69) is 15.4 Å². The number of carbonyl (C=O) groups is 1. The highest BCUT2D eigenvalue weighted by atomic mass is 16.5. The molecule has 0 atom stereocenters. The highest BCUT2D eigenvalue weighted by Crippen LogP contribution is 2.25. The van der Waals surface area contributed by atoms with Gasteiger partial charge in [-0.25, -0.2) is 9.67 Å². The Morgan fingerprint density at radius 2 is 2.00 bits per heavy atom. The number of amides is 1. The summed E-state index contributed by atoms with van der Waals surface area (Å²) in [5, 5.41) is 8.18. The summed E-state index contributed by atoms with van der Waals surface area (Å²) in [5.74, 6) is 1.68. The molecule has 1 N–H and O–H groups in total. The Balaban J connectivity index is 1.44. The summed E-state index contributed by atoms with van der Waals surface area (Å²) in [6.45, 7) is 0.377. The van der Waals surface area contributed by atoms with Crippen molar-refractivity contribution in [1.82, 2.24) is 20.1 Å². The fraction of sp³-hybridized carbons (Fsp3) is 0.136. The van der Waals surface area contributed by atoms with E-state index in [1.54, 1.807) is 43.2 Å². The van der Waals surface area contributed by atoms with Crippen LogP contribution in [-0.4, -0.2) is 27.8 Å². The second-order valence-electron chi connectivity index (χ2n) is 6.46. The quantitative estimate of drug-likeness (QED) is 0.545. The van der Waals surface area contributed by atoms with E-state index in [0.717, 1.165) is 10.9 Å². The molecule has 2 aromatic carbocycles. The topological polar surface area (TPSA) is 78.3 Å². The highest BCUT2D eigenvalue weighted by molar-refractivity contribution is 5.98. The summed E-state index contributed by atoms with van der Waals surface area (Å²) in [6, 6.07) is 18.4. The molecule has 0 fully saturated rings. The number of hydrogen-bond donors (Lipinski definition) is 1. The molecule has 0 aliphatic rings. The van der Waals surface area contributed by atoms with Crippen molar-refractivity contribution in [2.75, 3.05) is 7.11 Å². The molecule has 2 aromatic heterocycles. The van der Waals surface area contributed by atoms with Gasteiger partial charge in [-0.1, -0.05) is 18.2 Å². The molecule has 4 rings (SSSR count). The van der Waals surface area contributed by atoms with Crippen LogP contribution in [0.5, 0.6) is 17.5 Å². The van der Waals surface area contributed by atoms with Crippen LogP contribution in [0.3, 0.4) is 0 Å². The lowest BCUT2D eigenvalue weighted by Gasteiger charge is -2.08. The molecule has 29 heavy (non-hydrogen) atoms. The molecule has 1 amide bonds. The third-order valence-electron chi connectivity index (χ3n) is 4.45. The maximum absolute atomic E-state index is 12.6. The smallest absolute Gasteiger partial charge is 0.251 e. The molecule has 0 saturated heterocycles. The summed E-state index contributed by atoms with van der Waals surface area (Å²) < 4.78 is 12.7. The van der Waals surface area contributed by atoms with Crippen molar-refractivity contribution in [1.29, 1.82) is 0 Å². The Bertz CT molecular complexity index is 1160. The van der Waals surface area contributed by atoms with Crippen molar-refractivity contribution in [2.45, 2.75) is 6.54 Å². The van der Waals surface area contributed by atoms with Crippen LogP contribution in [0.1, 0.15) is 15.9 Å². The zero-order chi connectivity index (χ0) is 20.2. The molecule has 0 aliphatic heterocycles. The van der Waals surface area contributed by atoms with E-state index in [0.29, 0.717) is 35.1 Å². The second-order valence-corrected chi connectivity index (χ2v) is 6.46. The van der Waals surface area contributed by atoms with Crippen LogP contribution in [0, 0.1) is 0 Å². The molecular formula is C22H20N4O3. The van der Waals surface area contributed by atoms with Crippen molar-refractivity contribution < 1.29 is 14.3 Å². The Labute approximate surface area is 167 Å². The summed E-state index contributed by atoms with van der Waals surface area (Å²) in [7, 11) is 3.40. The summed E-state index contributed by atoms with van der Waals surface area (Å²) in [5.41, 5.74) is 2.18. The molecule has 7 nitrogen and oxygen atoms in total. The van der Waals surface area contributed by atoms with E-state index >= 15 is 0 Å². The van der Waals surface area contributed by atoms with E-state index in [9.17, 15) is 4.79 Å². The number of fused-ring (bicyclic) bond motifs is 1. The number of hydrogen-bond acceptors (Lipinski definition) is 5. The molecule has 0 spiro atoms. The second kappa shape index (κ2) is 8.02. The van der Waals surface area contributed by atoms with Crippen molar-refractivity contribution in [3.8, 4) is 17.5 Å². The van der Waals surface area contributed by atoms with Crippen molar-refractivity contribution in [3.63, 3.8) is 0 Å². The van der Waals surface area contributed by atoms with Crippen LogP contribution < -0.4 is 14.8 Å². The Kier molecular flexibility index (Phi) is 5.11. The van der Waals surface area contributed by atoms with Crippen LogP contribution in [0.4, 0.5) is 0 Å². The molecule has 0 saturated carbocycles. The normalized spacial score (nSPS) is 10.7. The minimum Gasteiger partial charge on any atom is -0.481 e. The number of nitrogens with one attached hydrogen (secondary N) is 1. The number of ether oxygens (including phenoxy) is 2. The van der Waals surface area contributed by atoms with Crippen molar-refractivity contribution >= 4 is 16.8 Å². The van der Waals surface area contributed by atoms with Crippen LogP contribution in [0.25, 0.3) is 10.9 Å². The zero-order valence-electron chi connectivity index (χ0n) is 16.1. The predicted molar refractivity (Wildman–Crippen MR) is 109 cm³/mol. The molecule has 0 unspecified atom stereocenters. The third-order valence-corrected chi connectivity index (χ3v) is 4.45. The van der Waals surface area contributed by atoms with Gasteiger partial charge in [-0.2, -0.15) is 5.10 Å². The predicted octanol–water partition coefficient (Wildman–Crippen LogP) is 3.70. The maximum Gasteiger partial charge on any atom is 0.251 e. The summed E-state index contributed by atoms with van der Waals surface area (Å²) >= 11 is 0. The monoisotopic (exact) mass is 388 g/mol. The fourth-order valence-electron chi connectivity index (χ4n) is 3.09. The van der Waals surface area contributed by atoms with Gasteiger partial charge in [-0.3, -0.25) is 4.79 Å². The Hall–Kier alpha value is -3.87. The first-order valence-corrected chi connectivity index (χ1v) is 9.11. The third kappa shape index (κ3) is 4.03. The van der Waals surface area contributed by atoms with Gasteiger partial charge in [0.05, 0.1) is 18.0 Å².